The molecule has 0 aliphatic carbocycles. The molecular weight excluding hydrogens is 533 g/mol. The van der Waals surface area contributed by atoms with E-state index in [-0.39, 0.29) is 28.8 Å². The van der Waals surface area contributed by atoms with E-state index < -0.39 is 17.1 Å². The highest BCUT2D eigenvalue weighted by Crippen LogP contribution is 2.29. The van der Waals surface area contributed by atoms with Gasteiger partial charge in [-0.05, 0) is 60.0 Å². The van der Waals surface area contributed by atoms with Crippen LogP contribution in [0.3, 0.4) is 0 Å². The van der Waals surface area contributed by atoms with Gasteiger partial charge in [-0.3, -0.25) is 13.9 Å². The summed E-state index contributed by atoms with van der Waals surface area (Å²) in [6.07, 6.45) is 3.28. The number of hydrogen-bond acceptors (Lipinski definition) is 5. The van der Waals surface area contributed by atoms with E-state index >= 15 is 4.39 Å². The van der Waals surface area contributed by atoms with Crippen LogP contribution < -0.4 is 11.2 Å². The van der Waals surface area contributed by atoms with Crippen LogP contribution in [0.5, 0.6) is 0 Å². The SMILES string of the molecule is CCn1c(COCc2ccccc2)nn(-c2cc3c(C(C)C)cn(-c4c(C)ccnc4Cl)c(=O)c3cc2F)c1=O. The third kappa shape index (κ3) is 4.98. The van der Waals surface area contributed by atoms with Crippen molar-refractivity contribution in [3.05, 3.63) is 115 Å². The van der Waals surface area contributed by atoms with Crippen molar-refractivity contribution in [3.63, 3.8) is 0 Å². The van der Waals surface area contributed by atoms with Crippen molar-refractivity contribution in [2.24, 2.45) is 0 Å². The van der Waals surface area contributed by atoms with Crippen molar-refractivity contribution in [2.45, 2.75) is 53.4 Å². The maximum atomic E-state index is 15.7. The maximum absolute atomic E-state index is 15.7. The van der Waals surface area contributed by atoms with Gasteiger partial charge in [0.2, 0.25) is 0 Å². The first-order valence-corrected chi connectivity index (χ1v) is 13.4. The zero-order valence-electron chi connectivity index (χ0n) is 22.7. The maximum Gasteiger partial charge on any atom is 0.350 e. The molecule has 0 spiro atoms. The highest BCUT2D eigenvalue weighted by molar-refractivity contribution is 6.31. The predicted molar refractivity (Wildman–Crippen MR) is 153 cm³/mol. The zero-order chi connectivity index (χ0) is 28.6. The normalized spacial score (nSPS) is 11.6. The zero-order valence-corrected chi connectivity index (χ0v) is 23.4. The summed E-state index contributed by atoms with van der Waals surface area (Å²) < 4.78 is 25.4. The third-order valence-electron chi connectivity index (χ3n) is 6.89. The monoisotopic (exact) mass is 561 g/mol. The summed E-state index contributed by atoms with van der Waals surface area (Å²) >= 11 is 6.37. The van der Waals surface area contributed by atoms with Crippen LogP contribution in [0.2, 0.25) is 5.15 Å². The first-order chi connectivity index (χ1) is 19.2. The van der Waals surface area contributed by atoms with Gasteiger partial charge in [0.15, 0.2) is 11.0 Å². The number of aromatic nitrogens is 5. The number of halogens is 2. The van der Waals surface area contributed by atoms with Gasteiger partial charge >= 0.3 is 5.69 Å². The third-order valence-corrected chi connectivity index (χ3v) is 7.16. The fraction of sp³-hybridized carbons (Fsp3) is 0.267. The average molecular weight is 562 g/mol. The van der Waals surface area contributed by atoms with Gasteiger partial charge in [0.05, 0.1) is 17.7 Å². The number of rotatable bonds is 8. The summed E-state index contributed by atoms with van der Waals surface area (Å²) in [4.78, 5) is 31.0. The van der Waals surface area contributed by atoms with Gasteiger partial charge in [0, 0.05) is 18.9 Å². The summed E-state index contributed by atoms with van der Waals surface area (Å²) in [5, 5.41) is 5.30. The van der Waals surface area contributed by atoms with Crippen molar-refractivity contribution in [1.82, 2.24) is 23.9 Å². The molecule has 0 aliphatic heterocycles. The second-order valence-electron chi connectivity index (χ2n) is 9.86. The molecule has 0 N–H and O–H groups in total. The molecule has 0 aliphatic rings. The Kier molecular flexibility index (Phi) is 7.69. The predicted octanol–water partition coefficient (Wildman–Crippen LogP) is 5.69. The molecule has 0 fully saturated rings. The Labute approximate surface area is 235 Å². The highest BCUT2D eigenvalue weighted by atomic mass is 35.5. The molecule has 206 valence electrons. The molecule has 3 heterocycles. The molecule has 10 heteroatoms. The number of fused-ring (bicyclic) bond motifs is 1. The molecule has 0 saturated carbocycles. The van der Waals surface area contributed by atoms with E-state index in [9.17, 15) is 9.59 Å². The molecular formula is C30H29ClFN5O3. The van der Waals surface area contributed by atoms with Crippen LogP contribution in [-0.4, -0.2) is 23.9 Å². The molecule has 40 heavy (non-hydrogen) atoms. The molecule has 8 nitrogen and oxygen atoms in total. The van der Waals surface area contributed by atoms with Crippen molar-refractivity contribution >= 4 is 22.4 Å². The number of nitrogens with zero attached hydrogens (tertiary/aromatic N) is 5. The Bertz CT molecular complexity index is 1810. The van der Waals surface area contributed by atoms with E-state index in [1.165, 1.54) is 15.2 Å². The van der Waals surface area contributed by atoms with Crippen LogP contribution in [0.25, 0.3) is 22.1 Å². The topological polar surface area (TPSA) is 83.9 Å². The minimum absolute atomic E-state index is 0.0321. The highest BCUT2D eigenvalue weighted by Gasteiger charge is 2.21. The lowest BCUT2D eigenvalue weighted by Crippen LogP contribution is -2.25. The van der Waals surface area contributed by atoms with E-state index in [0.717, 1.165) is 27.4 Å². The Morgan fingerprint density at radius 2 is 1.80 bits per heavy atom. The molecule has 0 saturated heterocycles. The minimum atomic E-state index is -0.745. The van der Waals surface area contributed by atoms with Gasteiger partial charge in [-0.25, -0.2) is 14.2 Å². The van der Waals surface area contributed by atoms with Gasteiger partial charge in [-0.2, -0.15) is 4.68 Å². The van der Waals surface area contributed by atoms with Crippen LogP contribution in [0.1, 0.15) is 49.2 Å². The van der Waals surface area contributed by atoms with Crippen LogP contribution in [0.4, 0.5) is 4.39 Å². The molecule has 0 amide bonds. The van der Waals surface area contributed by atoms with E-state index in [1.54, 1.807) is 18.5 Å². The summed E-state index contributed by atoms with van der Waals surface area (Å²) in [6, 6.07) is 14.1. The van der Waals surface area contributed by atoms with Crippen molar-refractivity contribution in [1.29, 1.82) is 0 Å². The van der Waals surface area contributed by atoms with Crippen LogP contribution in [0, 0.1) is 12.7 Å². The number of ether oxygens (including phenoxy) is 1. The molecule has 5 rings (SSSR count). The summed E-state index contributed by atoms with van der Waals surface area (Å²) in [6.45, 7) is 8.36. The largest absolute Gasteiger partial charge is 0.369 e. The van der Waals surface area contributed by atoms with Crippen LogP contribution >= 0.6 is 11.6 Å². The standard InChI is InChI=1S/C30H29ClFN5O3/c1-5-35-26(17-40-16-20-9-7-6-8-10-20)34-37(30(35)39)25-14-21-22(13-24(25)32)29(38)36(15-23(21)18(2)3)27-19(4)11-12-33-28(27)31/h6-15,18H,5,16-17H2,1-4H3. The van der Waals surface area contributed by atoms with E-state index in [4.69, 9.17) is 16.3 Å². The smallest absolute Gasteiger partial charge is 0.350 e. The lowest BCUT2D eigenvalue weighted by Gasteiger charge is -2.17. The molecule has 0 radical (unpaired) electrons. The summed E-state index contributed by atoms with van der Waals surface area (Å²) in [7, 11) is 0. The number of hydrogen-bond donors (Lipinski definition) is 0. The first kappa shape index (κ1) is 27.5. The number of benzene rings is 2. The van der Waals surface area contributed by atoms with Crippen LogP contribution in [0.15, 0.2) is 70.5 Å². The number of aryl methyl sites for hydroxylation is 1. The second kappa shape index (κ2) is 11.2. The van der Waals surface area contributed by atoms with Gasteiger partial charge in [-0.15, -0.1) is 5.10 Å². The van der Waals surface area contributed by atoms with Crippen molar-refractivity contribution in [3.8, 4) is 11.4 Å². The fourth-order valence-corrected chi connectivity index (χ4v) is 5.12. The van der Waals surface area contributed by atoms with Gasteiger partial charge in [-0.1, -0.05) is 55.8 Å². The minimum Gasteiger partial charge on any atom is -0.369 e. The van der Waals surface area contributed by atoms with Gasteiger partial charge in [0.25, 0.3) is 5.56 Å². The quantitative estimate of drug-likeness (QED) is 0.227. The lowest BCUT2D eigenvalue weighted by molar-refractivity contribution is 0.0989. The molecule has 2 aromatic carbocycles. The molecule has 0 bridgehead atoms. The lowest BCUT2D eigenvalue weighted by atomic mass is 9.97. The van der Waals surface area contributed by atoms with Crippen molar-refractivity contribution in [2.75, 3.05) is 0 Å². The fourth-order valence-electron chi connectivity index (χ4n) is 4.82. The van der Waals surface area contributed by atoms with E-state index in [0.29, 0.717) is 30.0 Å². The van der Waals surface area contributed by atoms with Crippen molar-refractivity contribution < 1.29 is 9.13 Å². The van der Waals surface area contributed by atoms with Gasteiger partial charge < -0.3 is 4.74 Å². The summed E-state index contributed by atoms with van der Waals surface area (Å²) in [5.74, 6) is -0.398. The molecule has 3 aromatic heterocycles. The Morgan fingerprint density at radius 3 is 2.48 bits per heavy atom. The van der Waals surface area contributed by atoms with E-state index in [1.807, 2.05) is 58.0 Å². The Morgan fingerprint density at radius 1 is 1.05 bits per heavy atom. The van der Waals surface area contributed by atoms with Gasteiger partial charge in [0.1, 0.15) is 18.1 Å². The Hall–Kier alpha value is -4.08. The second-order valence-corrected chi connectivity index (χ2v) is 10.2. The molecule has 0 atom stereocenters. The number of pyridine rings is 2. The van der Waals surface area contributed by atoms with E-state index in [2.05, 4.69) is 10.1 Å². The Balaban J connectivity index is 1.62. The average Bonchev–Trinajstić information content (AvgIpc) is 3.24. The van der Waals surface area contributed by atoms with Crippen LogP contribution in [-0.2, 0) is 24.5 Å². The molecule has 5 aromatic rings. The molecule has 0 unspecified atom stereocenters. The summed E-state index contributed by atoms with van der Waals surface area (Å²) in [5.41, 5.74) is 2.00. The first-order valence-electron chi connectivity index (χ1n) is 13.0.